The van der Waals surface area contributed by atoms with Gasteiger partial charge < -0.3 is 10.4 Å². The van der Waals surface area contributed by atoms with Crippen molar-refractivity contribution in [2.45, 2.75) is 13.3 Å². The van der Waals surface area contributed by atoms with E-state index in [1.807, 2.05) is 0 Å². The molecule has 0 unspecified atom stereocenters. The Hall–Kier alpha value is -1.95. The molecule has 0 amide bonds. The van der Waals surface area contributed by atoms with Crippen molar-refractivity contribution < 1.29 is 18.7 Å². The zero-order valence-corrected chi connectivity index (χ0v) is 12.6. The van der Waals surface area contributed by atoms with Gasteiger partial charge in [0, 0.05) is 15.7 Å². The lowest BCUT2D eigenvalue weighted by molar-refractivity contribution is 0.0698. The summed E-state index contributed by atoms with van der Waals surface area (Å²) in [6.07, 6.45) is -2.57. The molecule has 0 saturated heterocycles. The Morgan fingerprint density at radius 2 is 1.95 bits per heavy atom. The molecule has 0 radical (unpaired) electrons. The first-order valence-corrected chi connectivity index (χ1v) is 6.87. The van der Waals surface area contributed by atoms with Crippen LogP contribution in [0.15, 0.2) is 40.9 Å². The molecule has 0 spiro atoms. The highest BCUT2D eigenvalue weighted by Crippen LogP contribution is 2.31. The Morgan fingerprint density at radius 3 is 2.57 bits per heavy atom. The first kappa shape index (κ1) is 15.4. The van der Waals surface area contributed by atoms with Crippen LogP contribution < -0.4 is 5.32 Å². The molecule has 0 aliphatic carbocycles. The van der Waals surface area contributed by atoms with E-state index in [9.17, 15) is 18.7 Å². The maximum absolute atomic E-state index is 12.9. The van der Waals surface area contributed by atoms with Gasteiger partial charge in [-0.25, -0.2) is 13.6 Å². The van der Waals surface area contributed by atoms with Crippen LogP contribution in [0, 0.1) is 6.92 Å². The van der Waals surface area contributed by atoms with Gasteiger partial charge in [-0.05, 0) is 36.8 Å². The van der Waals surface area contributed by atoms with E-state index in [1.54, 1.807) is 25.1 Å². The van der Waals surface area contributed by atoms with Gasteiger partial charge in [0.2, 0.25) is 0 Å². The molecule has 0 bridgehead atoms. The summed E-state index contributed by atoms with van der Waals surface area (Å²) in [5, 5.41) is 12.1. The van der Waals surface area contributed by atoms with E-state index in [2.05, 4.69) is 21.2 Å². The van der Waals surface area contributed by atoms with Crippen LogP contribution in [0.2, 0.25) is 0 Å². The minimum absolute atomic E-state index is 0.0613. The van der Waals surface area contributed by atoms with Crippen LogP contribution in [-0.2, 0) is 0 Å². The van der Waals surface area contributed by atoms with Gasteiger partial charge in [0.15, 0.2) is 0 Å². The fourth-order valence-corrected chi connectivity index (χ4v) is 2.33. The molecule has 2 rings (SSSR count). The van der Waals surface area contributed by atoms with Crippen molar-refractivity contribution in [1.29, 1.82) is 0 Å². The highest BCUT2D eigenvalue weighted by Gasteiger charge is 2.15. The van der Waals surface area contributed by atoms with Crippen LogP contribution >= 0.6 is 15.9 Å². The van der Waals surface area contributed by atoms with Gasteiger partial charge in [-0.2, -0.15) is 0 Å². The van der Waals surface area contributed by atoms with E-state index in [1.165, 1.54) is 18.2 Å². The van der Waals surface area contributed by atoms with Crippen molar-refractivity contribution in [1.82, 2.24) is 0 Å². The zero-order valence-electron chi connectivity index (χ0n) is 11.0. The number of carboxylic acid groups (broad SMARTS) is 1. The lowest BCUT2D eigenvalue weighted by Gasteiger charge is -2.14. The lowest BCUT2D eigenvalue weighted by Crippen LogP contribution is -2.04. The topological polar surface area (TPSA) is 49.3 Å². The van der Waals surface area contributed by atoms with Crippen LogP contribution in [0.4, 0.5) is 20.2 Å². The molecule has 2 N–H and O–H groups in total. The van der Waals surface area contributed by atoms with Crippen LogP contribution in [0.25, 0.3) is 0 Å². The maximum Gasteiger partial charge on any atom is 0.337 e. The number of anilines is 2. The van der Waals surface area contributed by atoms with E-state index in [4.69, 9.17) is 0 Å². The molecule has 0 aromatic heterocycles. The van der Waals surface area contributed by atoms with Gasteiger partial charge in [-0.15, -0.1) is 0 Å². The van der Waals surface area contributed by atoms with Crippen molar-refractivity contribution in [3.8, 4) is 0 Å². The van der Waals surface area contributed by atoms with E-state index in [0.717, 1.165) is 0 Å². The Bertz CT molecular complexity index is 689. The lowest BCUT2D eigenvalue weighted by atomic mass is 10.1. The molecule has 0 fully saturated rings. The number of rotatable bonds is 4. The predicted molar refractivity (Wildman–Crippen MR) is 80.5 cm³/mol. The summed E-state index contributed by atoms with van der Waals surface area (Å²) in [5.74, 6) is -1.10. The molecule has 0 heterocycles. The van der Waals surface area contributed by atoms with Crippen LogP contribution in [-0.4, -0.2) is 11.1 Å². The van der Waals surface area contributed by atoms with Gasteiger partial charge in [0.1, 0.15) is 0 Å². The fourth-order valence-electron chi connectivity index (χ4n) is 1.97. The van der Waals surface area contributed by atoms with Gasteiger partial charge in [0.05, 0.1) is 11.3 Å². The van der Waals surface area contributed by atoms with Crippen LogP contribution in [0.3, 0.4) is 0 Å². The molecule has 0 saturated carbocycles. The van der Waals surface area contributed by atoms with E-state index in [-0.39, 0.29) is 11.1 Å². The number of hydrogen-bond acceptors (Lipinski definition) is 2. The maximum atomic E-state index is 12.9. The Balaban J connectivity index is 2.44. The number of aromatic carboxylic acids is 1. The fraction of sp³-hybridized carbons (Fsp3) is 0.133. The number of alkyl halides is 2. The first-order chi connectivity index (χ1) is 9.90. The summed E-state index contributed by atoms with van der Waals surface area (Å²) < 4.78 is 26.4. The number of carboxylic acids is 1. The molecule has 0 aliphatic heterocycles. The molecule has 0 atom stereocenters. The first-order valence-electron chi connectivity index (χ1n) is 6.07. The molecule has 110 valence electrons. The van der Waals surface area contributed by atoms with Gasteiger partial charge in [-0.3, -0.25) is 0 Å². The van der Waals surface area contributed by atoms with Crippen molar-refractivity contribution in [2.24, 2.45) is 0 Å². The Labute approximate surface area is 128 Å². The third-order valence-corrected chi connectivity index (χ3v) is 3.59. The number of carbonyl (C=O) groups is 1. The summed E-state index contributed by atoms with van der Waals surface area (Å²) in [7, 11) is 0. The highest BCUT2D eigenvalue weighted by molar-refractivity contribution is 9.10. The number of hydrogen-bond donors (Lipinski definition) is 2. The third kappa shape index (κ3) is 3.39. The van der Waals surface area contributed by atoms with E-state index >= 15 is 0 Å². The third-order valence-electron chi connectivity index (χ3n) is 3.09. The smallest absolute Gasteiger partial charge is 0.337 e. The summed E-state index contributed by atoms with van der Waals surface area (Å²) in [6.45, 7) is 1.57. The largest absolute Gasteiger partial charge is 0.478 e. The molecule has 21 heavy (non-hydrogen) atoms. The van der Waals surface area contributed by atoms with Crippen LogP contribution in [0.1, 0.15) is 27.9 Å². The summed E-state index contributed by atoms with van der Waals surface area (Å²) in [5.41, 5.74) is 1.19. The van der Waals surface area contributed by atoms with Gasteiger partial charge in [-0.1, -0.05) is 28.1 Å². The molecule has 2 aromatic rings. The molecule has 6 heteroatoms. The molecular formula is C15H12BrF2NO2. The zero-order chi connectivity index (χ0) is 15.6. The SMILES string of the molecule is Cc1c(Nc2ccc(Br)cc2C(=O)O)cccc1C(F)F. The second-order valence-corrected chi connectivity index (χ2v) is 5.36. The molecule has 3 nitrogen and oxygen atoms in total. The van der Waals surface area contributed by atoms with Crippen molar-refractivity contribution in [2.75, 3.05) is 5.32 Å². The Morgan fingerprint density at radius 1 is 1.24 bits per heavy atom. The van der Waals surface area contributed by atoms with Crippen LogP contribution in [0.5, 0.6) is 0 Å². The number of benzene rings is 2. The number of halogens is 3. The molecular weight excluding hydrogens is 344 g/mol. The Kier molecular flexibility index (Phi) is 4.57. The predicted octanol–water partition coefficient (Wildman–Crippen LogP) is 5.14. The van der Waals surface area contributed by atoms with Crippen molar-refractivity contribution in [3.63, 3.8) is 0 Å². The highest BCUT2D eigenvalue weighted by atomic mass is 79.9. The second kappa shape index (κ2) is 6.22. The normalized spacial score (nSPS) is 10.7. The molecule has 2 aromatic carbocycles. The van der Waals surface area contributed by atoms with Crippen molar-refractivity contribution >= 4 is 33.3 Å². The average molecular weight is 356 g/mol. The summed E-state index contributed by atoms with van der Waals surface area (Å²) in [4.78, 5) is 11.2. The summed E-state index contributed by atoms with van der Waals surface area (Å²) in [6, 6.07) is 9.22. The monoisotopic (exact) mass is 355 g/mol. The van der Waals surface area contributed by atoms with E-state index in [0.29, 0.717) is 21.4 Å². The second-order valence-electron chi connectivity index (χ2n) is 4.44. The molecule has 0 aliphatic rings. The van der Waals surface area contributed by atoms with Crippen molar-refractivity contribution in [3.05, 3.63) is 57.6 Å². The standard InChI is InChI=1S/C15H12BrF2NO2/c1-8-10(14(17)18)3-2-4-12(8)19-13-6-5-9(16)7-11(13)15(20)21/h2-7,14,19H,1H3,(H,20,21). The van der Waals surface area contributed by atoms with Gasteiger partial charge >= 0.3 is 5.97 Å². The number of nitrogens with one attached hydrogen (secondary N) is 1. The quantitative estimate of drug-likeness (QED) is 0.798. The van der Waals surface area contributed by atoms with E-state index < -0.39 is 12.4 Å². The van der Waals surface area contributed by atoms with Gasteiger partial charge in [0.25, 0.3) is 6.43 Å². The minimum atomic E-state index is -2.57. The average Bonchev–Trinajstić information content (AvgIpc) is 2.42. The minimum Gasteiger partial charge on any atom is -0.478 e. The summed E-state index contributed by atoms with van der Waals surface area (Å²) >= 11 is 3.20.